The molecule has 1 saturated heterocycles. The summed E-state index contributed by atoms with van der Waals surface area (Å²) in [5.41, 5.74) is 0.417. The monoisotopic (exact) mass is 747 g/mol. The third kappa shape index (κ3) is 14.2. The minimum absolute atomic E-state index is 0.0544. The van der Waals surface area contributed by atoms with Crippen molar-refractivity contribution in [2.75, 3.05) is 38.7 Å². The number of ether oxygens (including phenoxy) is 5. The molecular formula is C30H41N3O17S. The van der Waals surface area contributed by atoms with Crippen molar-refractivity contribution in [2.45, 2.75) is 64.4 Å². The molecule has 2 aliphatic heterocycles. The SMILES string of the molecule is CC.CC(=O)OCc1ccc(OC2CC(O)[C@H](O)C(C(=O)O)O2)cc1OCCOCCNC(=O)C(CS(=O)(=O)O)NC(=O)CN1C(=O)C=CC1=O. The normalized spacial score (nSPS) is 20.5. The van der Waals surface area contributed by atoms with Crippen molar-refractivity contribution in [2.24, 2.45) is 0 Å². The molecule has 0 spiro atoms. The maximum Gasteiger partial charge on any atom is 0.335 e. The number of imide groups is 1. The average molecular weight is 748 g/mol. The fourth-order valence-electron chi connectivity index (χ4n) is 4.36. The Morgan fingerprint density at radius 3 is 2.33 bits per heavy atom. The number of hydrogen-bond acceptors (Lipinski definition) is 15. The van der Waals surface area contributed by atoms with Gasteiger partial charge in [0, 0.05) is 43.7 Å². The Balaban J connectivity index is 0.00000442. The van der Waals surface area contributed by atoms with E-state index >= 15 is 0 Å². The lowest BCUT2D eigenvalue weighted by Crippen LogP contribution is -2.53. The number of esters is 1. The van der Waals surface area contributed by atoms with Crippen molar-refractivity contribution >= 4 is 45.7 Å². The molecule has 1 aromatic carbocycles. The van der Waals surface area contributed by atoms with Gasteiger partial charge < -0.3 is 49.6 Å². The molecule has 2 aliphatic rings. The van der Waals surface area contributed by atoms with E-state index in [1.54, 1.807) is 0 Å². The highest BCUT2D eigenvalue weighted by atomic mass is 32.2. The van der Waals surface area contributed by atoms with E-state index in [2.05, 4.69) is 10.6 Å². The van der Waals surface area contributed by atoms with Gasteiger partial charge in [0.25, 0.3) is 21.9 Å². The molecule has 4 unspecified atom stereocenters. The first-order valence-corrected chi connectivity index (χ1v) is 17.1. The molecule has 0 bridgehead atoms. The van der Waals surface area contributed by atoms with Crippen molar-refractivity contribution in [3.8, 4) is 11.5 Å². The van der Waals surface area contributed by atoms with Gasteiger partial charge in [-0.25, -0.2) is 4.79 Å². The highest BCUT2D eigenvalue weighted by Crippen LogP contribution is 2.29. The van der Waals surface area contributed by atoms with Gasteiger partial charge in [-0.05, 0) is 12.1 Å². The van der Waals surface area contributed by atoms with Gasteiger partial charge in [-0.3, -0.25) is 33.4 Å². The molecule has 51 heavy (non-hydrogen) atoms. The molecule has 5 atom stereocenters. The van der Waals surface area contributed by atoms with E-state index in [9.17, 15) is 57.1 Å². The van der Waals surface area contributed by atoms with Gasteiger partial charge in [-0.2, -0.15) is 8.42 Å². The maximum atomic E-state index is 12.5. The minimum Gasteiger partial charge on any atom is -0.491 e. The Morgan fingerprint density at radius 2 is 1.73 bits per heavy atom. The van der Waals surface area contributed by atoms with Crippen LogP contribution in [-0.4, -0.2) is 138 Å². The standard InChI is InChI=1S/C28H35N3O17S.C2H6/c1-15(32)46-13-16-2-3-17(47-24-11-19(33)25(37)26(48-24)28(39)40)10-20(16)45-9-8-44-7-6-29-27(38)18(14-49(41,42)43)30-21(34)12-31-22(35)4-5-23(31)36;1-2/h2-5,10,18-19,24-26,33,37H,6-9,11-14H2,1H3,(H,29,38)(H,30,34)(H,39,40)(H,41,42,43);1-2H3/t18?,19?,24?,25-,26?;/m0./s1. The second-order valence-corrected chi connectivity index (χ2v) is 12.0. The number of carboxylic acids is 1. The minimum atomic E-state index is -4.74. The molecule has 6 N–H and O–H groups in total. The number of benzene rings is 1. The molecule has 1 fully saturated rings. The summed E-state index contributed by atoms with van der Waals surface area (Å²) in [6.07, 6.45) is -4.40. The number of carboxylic acid groups (broad SMARTS) is 1. The molecular weight excluding hydrogens is 706 g/mol. The van der Waals surface area contributed by atoms with Crippen LogP contribution in [0.25, 0.3) is 0 Å². The fraction of sp³-hybridized carbons (Fsp3) is 0.533. The van der Waals surface area contributed by atoms with Crippen LogP contribution in [0.1, 0.15) is 32.8 Å². The Kier molecular flexibility index (Phi) is 16.9. The largest absolute Gasteiger partial charge is 0.491 e. The quantitative estimate of drug-likeness (QED) is 0.0405. The highest BCUT2D eigenvalue weighted by molar-refractivity contribution is 7.85. The second kappa shape index (κ2) is 20.2. The van der Waals surface area contributed by atoms with E-state index in [4.69, 9.17) is 23.7 Å². The van der Waals surface area contributed by atoms with Crippen molar-refractivity contribution in [1.82, 2.24) is 15.5 Å². The van der Waals surface area contributed by atoms with Crippen molar-refractivity contribution in [1.29, 1.82) is 0 Å². The number of rotatable bonds is 18. The summed E-state index contributed by atoms with van der Waals surface area (Å²) in [7, 11) is -4.74. The van der Waals surface area contributed by atoms with Gasteiger partial charge in [0.05, 0.1) is 19.3 Å². The number of aliphatic carboxylic acids is 1. The highest BCUT2D eigenvalue weighted by Gasteiger charge is 2.42. The summed E-state index contributed by atoms with van der Waals surface area (Å²) in [6.45, 7) is 3.82. The zero-order valence-corrected chi connectivity index (χ0v) is 28.7. The molecule has 0 aromatic heterocycles. The van der Waals surface area contributed by atoms with E-state index in [0.29, 0.717) is 10.5 Å². The lowest BCUT2D eigenvalue weighted by atomic mass is 10.0. The number of hydrogen-bond donors (Lipinski definition) is 6. The van der Waals surface area contributed by atoms with Crippen molar-refractivity contribution in [3.63, 3.8) is 0 Å². The number of carbonyl (C=O) groups is 6. The topological polar surface area (TPSA) is 291 Å². The van der Waals surface area contributed by atoms with Crippen LogP contribution < -0.4 is 20.1 Å². The number of carbonyl (C=O) groups excluding carboxylic acids is 5. The number of aliphatic hydroxyl groups is 2. The Labute approximate surface area is 292 Å². The first-order valence-electron chi connectivity index (χ1n) is 15.5. The molecule has 3 rings (SSSR count). The zero-order valence-electron chi connectivity index (χ0n) is 27.9. The number of amides is 4. The summed E-state index contributed by atoms with van der Waals surface area (Å²) in [4.78, 5) is 71.4. The lowest BCUT2D eigenvalue weighted by molar-refractivity contribution is -0.228. The first-order chi connectivity index (χ1) is 24.0. The zero-order chi connectivity index (χ0) is 38.3. The van der Waals surface area contributed by atoms with Crippen LogP contribution in [-0.2, 0) is 59.7 Å². The predicted molar refractivity (Wildman–Crippen MR) is 170 cm³/mol. The fourth-order valence-corrected chi connectivity index (χ4v) is 5.01. The molecule has 1 aromatic rings. The molecule has 2 heterocycles. The van der Waals surface area contributed by atoms with Crippen LogP contribution >= 0.6 is 0 Å². The van der Waals surface area contributed by atoms with E-state index in [-0.39, 0.29) is 50.9 Å². The third-order valence-electron chi connectivity index (χ3n) is 6.68. The summed E-state index contributed by atoms with van der Waals surface area (Å²) in [5.74, 6) is -6.51. The molecule has 4 amide bonds. The smallest absolute Gasteiger partial charge is 0.335 e. The Bertz CT molecular complexity index is 1530. The first kappa shape index (κ1) is 42.5. The van der Waals surface area contributed by atoms with Crippen LogP contribution in [0.2, 0.25) is 0 Å². The lowest BCUT2D eigenvalue weighted by Gasteiger charge is -2.34. The molecule has 0 aliphatic carbocycles. The van der Waals surface area contributed by atoms with Gasteiger partial charge in [0.15, 0.2) is 6.10 Å². The van der Waals surface area contributed by atoms with Crippen LogP contribution in [0.15, 0.2) is 30.4 Å². The van der Waals surface area contributed by atoms with Crippen molar-refractivity contribution < 1.29 is 80.7 Å². The van der Waals surface area contributed by atoms with Crippen LogP contribution in [0.5, 0.6) is 11.5 Å². The summed E-state index contributed by atoms with van der Waals surface area (Å²) in [5, 5.41) is 33.5. The van der Waals surface area contributed by atoms with Gasteiger partial charge in [0.1, 0.15) is 49.2 Å². The van der Waals surface area contributed by atoms with Crippen LogP contribution in [0.4, 0.5) is 0 Å². The number of nitrogens with zero attached hydrogens (tertiary/aromatic N) is 1. The number of nitrogens with one attached hydrogen (secondary N) is 2. The van der Waals surface area contributed by atoms with E-state index in [0.717, 1.165) is 12.2 Å². The van der Waals surface area contributed by atoms with Gasteiger partial charge in [-0.15, -0.1) is 0 Å². The van der Waals surface area contributed by atoms with Crippen LogP contribution in [0.3, 0.4) is 0 Å². The molecule has 20 nitrogen and oxygen atoms in total. The summed E-state index contributed by atoms with van der Waals surface area (Å²) < 4.78 is 59.0. The van der Waals surface area contributed by atoms with E-state index < -0.39 is 88.6 Å². The van der Waals surface area contributed by atoms with Gasteiger partial charge >= 0.3 is 11.9 Å². The maximum absolute atomic E-state index is 12.5. The second-order valence-electron chi connectivity index (χ2n) is 10.5. The Hall–Kier alpha value is -4.67. The van der Waals surface area contributed by atoms with Crippen molar-refractivity contribution in [3.05, 3.63) is 35.9 Å². The van der Waals surface area contributed by atoms with E-state index in [1.807, 2.05) is 13.8 Å². The molecule has 0 saturated carbocycles. The molecule has 21 heteroatoms. The predicted octanol–water partition coefficient (Wildman–Crippen LogP) is -2.11. The van der Waals surface area contributed by atoms with Gasteiger partial charge in [-0.1, -0.05) is 13.8 Å². The Morgan fingerprint density at radius 1 is 1.06 bits per heavy atom. The van der Waals surface area contributed by atoms with Gasteiger partial charge in [0.2, 0.25) is 18.1 Å². The van der Waals surface area contributed by atoms with Crippen LogP contribution in [0, 0.1) is 0 Å². The summed E-state index contributed by atoms with van der Waals surface area (Å²) in [6, 6.07) is 2.60. The number of aliphatic hydroxyl groups excluding tert-OH is 2. The summed E-state index contributed by atoms with van der Waals surface area (Å²) >= 11 is 0. The third-order valence-corrected chi connectivity index (χ3v) is 7.43. The molecule has 284 valence electrons. The van der Waals surface area contributed by atoms with E-state index in [1.165, 1.54) is 25.1 Å². The average Bonchev–Trinajstić information content (AvgIpc) is 3.37. The molecule has 0 radical (unpaired) electrons.